The summed E-state index contributed by atoms with van der Waals surface area (Å²) in [6, 6.07) is 8.03. The van der Waals surface area contributed by atoms with Crippen LogP contribution in [-0.2, 0) is 20.9 Å². The summed E-state index contributed by atoms with van der Waals surface area (Å²) in [6.45, 7) is 2.01. The number of amides is 2. The zero-order valence-electron chi connectivity index (χ0n) is 19.9. The van der Waals surface area contributed by atoms with E-state index in [1.165, 1.54) is 48.7 Å². The van der Waals surface area contributed by atoms with Crippen LogP contribution < -0.4 is 4.90 Å². The predicted molar refractivity (Wildman–Crippen MR) is 128 cm³/mol. The highest BCUT2D eigenvalue weighted by Crippen LogP contribution is 2.41. The summed E-state index contributed by atoms with van der Waals surface area (Å²) in [5.74, 6) is -1.92. The van der Waals surface area contributed by atoms with Gasteiger partial charge in [0.25, 0.3) is 11.8 Å². The first-order chi connectivity index (χ1) is 17.5. The largest absolute Gasteiger partial charge is 0.418 e. The molecular formula is C25H22F3N3O5S. The lowest BCUT2D eigenvalue weighted by atomic mass is 10.0. The number of para-hydroxylation sites is 1. The molecule has 3 heterocycles. The molecule has 0 aliphatic carbocycles. The van der Waals surface area contributed by atoms with Gasteiger partial charge in [-0.15, -0.1) is 0 Å². The number of anilines is 1. The molecule has 2 aliphatic rings. The van der Waals surface area contributed by atoms with Crippen LogP contribution in [0.3, 0.4) is 0 Å². The van der Waals surface area contributed by atoms with Gasteiger partial charge in [-0.1, -0.05) is 12.1 Å². The number of rotatable bonds is 5. The van der Waals surface area contributed by atoms with Crippen molar-refractivity contribution in [3.8, 4) is 0 Å². The maximum atomic E-state index is 13.7. The minimum absolute atomic E-state index is 0.0782. The van der Waals surface area contributed by atoms with Crippen molar-refractivity contribution in [2.75, 3.05) is 25.2 Å². The van der Waals surface area contributed by atoms with Crippen molar-refractivity contribution in [2.45, 2.75) is 36.9 Å². The molecule has 3 aromatic rings. The Hall–Kier alpha value is -3.35. The third-order valence-corrected chi connectivity index (χ3v) is 8.66. The van der Waals surface area contributed by atoms with Crippen molar-refractivity contribution < 1.29 is 35.9 Å². The van der Waals surface area contributed by atoms with Gasteiger partial charge < -0.3 is 4.74 Å². The Labute approximate surface area is 210 Å². The molecule has 8 nitrogen and oxygen atoms in total. The number of methoxy groups -OCH3 is 1. The summed E-state index contributed by atoms with van der Waals surface area (Å²) >= 11 is 0. The molecule has 0 bridgehead atoms. The van der Waals surface area contributed by atoms with Gasteiger partial charge in [0.1, 0.15) is 0 Å². The number of aromatic nitrogens is 1. The molecule has 2 aromatic carbocycles. The van der Waals surface area contributed by atoms with Crippen LogP contribution in [0.5, 0.6) is 0 Å². The van der Waals surface area contributed by atoms with E-state index in [4.69, 9.17) is 4.74 Å². The number of ether oxygens (including phenoxy) is 1. The van der Waals surface area contributed by atoms with E-state index in [2.05, 4.69) is 4.98 Å². The second-order valence-electron chi connectivity index (χ2n) is 8.95. The summed E-state index contributed by atoms with van der Waals surface area (Å²) in [7, 11) is -2.50. The monoisotopic (exact) mass is 533 g/mol. The molecule has 1 fully saturated rings. The van der Waals surface area contributed by atoms with Crippen LogP contribution in [-0.4, -0.2) is 55.8 Å². The lowest BCUT2D eigenvalue weighted by molar-refractivity contribution is -0.137. The van der Waals surface area contributed by atoms with Crippen LogP contribution in [0.1, 0.15) is 44.8 Å². The van der Waals surface area contributed by atoms with E-state index < -0.39 is 39.3 Å². The molecule has 0 unspecified atom stereocenters. The number of hydrogen-bond acceptors (Lipinski definition) is 6. The average Bonchev–Trinajstić information content (AvgIpc) is 3.41. The molecule has 1 atom stereocenters. The summed E-state index contributed by atoms with van der Waals surface area (Å²) in [4.78, 5) is 31.6. The van der Waals surface area contributed by atoms with Crippen molar-refractivity contribution in [2.24, 2.45) is 0 Å². The fourth-order valence-electron chi connectivity index (χ4n) is 5.07. The lowest BCUT2D eigenvalue weighted by Crippen LogP contribution is -2.38. The third kappa shape index (κ3) is 3.99. The molecular weight excluding hydrogens is 511 g/mol. The maximum absolute atomic E-state index is 13.7. The summed E-state index contributed by atoms with van der Waals surface area (Å²) in [6.07, 6.45) is -3.51. The second-order valence-corrected chi connectivity index (χ2v) is 10.8. The summed E-state index contributed by atoms with van der Waals surface area (Å²) in [5, 5.41) is 0.0782. The number of sulfonamides is 1. The number of benzene rings is 2. The van der Waals surface area contributed by atoms with Crippen LogP contribution in [0.4, 0.5) is 18.9 Å². The van der Waals surface area contributed by atoms with Crippen LogP contribution in [0, 0.1) is 6.92 Å². The van der Waals surface area contributed by atoms with Gasteiger partial charge in [0.2, 0.25) is 10.0 Å². The minimum atomic E-state index is -4.81. The number of pyridine rings is 1. The molecule has 0 saturated carbocycles. The zero-order valence-corrected chi connectivity index (χ0v) is 20.7. The normalized spacial score (nSPS) is 18.7. The molecule has 194 valence electrons. The number of hydrogen-bond donors (Lipinski definition) is 0. The number of fused-ring (bicyclic) bond motifs is 3. The van der Waals surface area contributed by atoms with E-state index in [0.29, 0.717) is 24.3 Å². The molecule has 2 aliphatic heterocycles. The Kier molecular flexibility index (Phi) is 6.08. The Morgan fingerprint density at radius 2 is 1.78 bits per heavy atom. The van der Waals surface area contributed by atoms with Gasteiger partial charge in [0.05, 0.1) is 45.1 Å². The van der Waals surface area contributed by atoms with Gasteiger partial charge in [-0.25, -0.2) is 13.3 Å². The molecule has 2 amide bonds. The fraction of sp³-hybridized carbons (Fsp3) is 0.320. The number of aryl methyl sites for hydroxylation is 1. The van der Waals surface area contributed by atoms with Crippen LogP contribution in [0.25, 0.3) is 10.9 Å². The first kappa shape index (κ1) is 25.3. The smallest absolute Gasteiger partial charge is 0.383 e. The van der Waals surface area contributed by atoms with Crippen molar-refractivity contribution in [3.63, 3.8) is 0 Å². The molecule has 0 spiro atoms. The Morgan fingerprint density at radius 1 is 1.08 bits per heavy atom. The summed E-state index contributed by atoms with van der Waals surface area (Å²) < 4.78 is 74.5. The molecule has 5 rings (SSSR count). The van der Waals surface area contributed by atoms with Crippen LogP contribution in [0.15, 0.2) is 47.4 Å². The van der Waals surface area contributed by atoms with Gasteiger partial charge >= 0.3 is 6.18 Å². The Bertz CT molecular complexity index is 1560. The van der Waals surface area contributed by atoms with Crippen molar-refractivity contribution >= 4 is 38.4 Å². The highest BCUT2D eigenvalue weighted by molar-refractivity contribution is 7.89. The first-order valence-corrected chi connectivity index (χ1v) is 12.9. The van der Waals surface area contributed by atoms with E-state index in [-0.39, 0.29) is 45.3 Å². The van der Waals surface area contributed by atoms with E-state index in [1.54, 1.807) is 0 Å². The van der Waals surface area contributed by atoms with E-state index in [0.717, 1.165) is 12.1 Å². The average molecular weight is 534 g/mol. The Morgan fingerprint density at radius 3 is 2.49 bits per heavy atom. The lowest BCUT2D eigenvalue weighted by Gasteiger charge is -2.23. The highest BCUT2D eigenvalue weighted by atomic mass is 32.2. The SMILES string of the molecule is COC[C@@H]1CCCN1S(=O)(=O)c1ccc2nc(C)c3c(c2c1)C(=O)N(c1ccccc1C(F)(F)F)C3=O. The van der Waals surface area contributed by atoms with Crippen LogP contribution >= 0.6 is 0 Å². The zero-order chi connectivity index (χ0) is 26.7. The number of nitrogens with zero attached hydrogens (tertiary/aromatic N) is 3. The van der Waals surface area contributed by atoms with Gasteiger partial charge in [-0.2, -0.15) is 17.5 Å². The minimum Gasteiger partial charge on any atom is -0.383 e. The van der Waals surface area contributed by atoms with Crippen molar-refractivity contribution in [3.05, 3.63) is 64.8 Å². The van der Waals surface area contributed by atoms with Gasteiger partial charge in [0.15, 0.2) is 0 Å². The maximum Gasteiger partial charge on any atom is 0.418 e. The first-order valence-electron chi connectivity index (χ1n) is 11.5. The van der Waals surface area contributed by atoms with Crippen molar-refractivity contribution in [1.29, 1.82) is 0 Å². The number of halogens is 3. The second kappa shape index (κ2) is 8.89. The van der Waals surface area contributed by atoms with Gasteiger partial charge in [0, 0.05) is 25.1 Å². The molecule has 0 N–H and O–H groups in total. The highest BCUT2D eigenvalue weighted by Gasteiger charge is 2.45. The molecule has 37 heavy (non-hydrogen) atoms. The number of imide groups is 1. The third-order valence-electron chi connectivity index (χ3n) is 6.71. The quantitative estimate of drug-likeness (QED) is 0.457. The standard InChI is InChI=1S/C25H22F3N3O5S/c1-14-21-22(24(33)31(23(21)32)20-8-4-3-7-18(20)25(26,27)28)17-12-16(9-10-19(17)29-14)37(34,35)30-11-5-6-15(30)13-36-2/h3-4,7-10,12,15H,5-6,11,13H2,1-2H3/t15-/m0/s1. The van der Waals surface area contributed by atoms with E-state index in [9.17, 15) is 31.2 Å². The van der Waals surface area contributed by atoms with Gasteiger partial charge in [-0.3, -0.25) is 14.6 Å². The molecule has 12 heteroatoms. The molecule has 1 saturated heterocycles. The predicted octanol–water partition coefficient (Wildman–Crippen LogP) is 4.16. The number of carbonyl (C=O) groups is 2. The van der Waals surface area contributed by atoms with Gasteiger partial charge in [-0.05, 0) is 50.1 Å². The van der Waals surface area contributed by atoms with Crippen LogP contribution in [0.2, 0.25) is 0 Å². The Balaban J connectivity index is 1.66. The van der Waals surface area contributed by atoms with E-state index in [1.807, 2.05) is 0 Å². The summed E-state index contributed by atoms with van der Waals surface area (Å²) in [5.41, 5.74) is -1.66. The number of alkyl halides is 3. The molecule has 0 radical (unpaired) electrons. The molecule has 1 aromatic heterocycles. The fourth-order valence-corrected chi connectivity index (χ4v) is 6.78. The number of carbonyl (C=O) groups excluding carboxylic acids is 2. The van der Waals surface area contributed by atoms with Crippen molar-refractivity contribution in [1.82, 2.24) is 9.29 Å². The van der Waals surface area contributed by atoms with E-state index >= 15 is 0 Å². The topological polar surface area (TPSA) is 96.9 Å².